The minimum Gasteiger partial charge on any atom is -0.508 e. The number of phenolic OH excluding ortho intramolecular Hbond substituents is 1. The molecule has 0 saturated heterocycles. The molecule has 1 aromatic heterocycles. The maximum absolute atomic E-state index is 12.5. The number of phenols is 1. The molecule has 0 spiro atoms. The first-order chi connectivity index (χ1) is 12.9. The van der Waals surface area contributed by atoms with Crippen LogP contribution in [0.5, 0.6) is 5.75 Å². The number of carboxylic acid groups (broad SMARTS) is 1. The number of aliphatic carboxylic acids is 1. The quantitative estimate of drug-likeness (QED) is 0.611. The predicted octanol–water partition coefficient (Wildman–Crippen LogP) is 1.00. The summed E-state index contributed by atoms with van der Waals surface area (Å²) >= 11 is 0. The van der Waals surface area contributed by atoms with E-state index in [2.05, 4.69) is 15.6 Å². The minimum absolute atomic E-state index is 0.0272. The molecular weight excluding hydrogens is 352 g/mol. The van der Waals surface area contributed by atoms with Gasteiger partial charge in [0.05, 0.1) is 5.39 Å². The Morgan fingerprint density at radius 1 is 1.11 bits per heavy atom. The standard InChI is InChI=1S/C18H16N4O5/c1-10(22-17(25)13-4-2-3-5-14(13)20-21-22)16(24)19-15(18(26)27)11-6-8-12(23)9-7-11/h2-10,15,23H,1H3,(H,19,24)(H,26,27)/t10-,15+/m0/s1. The van der Waals surface area contributed by atoms with Crippen molar-refractivity contribution in [3.05, 3.63) is 64.4 Å². The number of fused-ring (bicyclic) bond motifs is 1. The van der Waals surface area contributed by atoms with Crippen LogP contribution in [0.15, 0.2) is 53.3 Å². The third-order valence-electron chi connectivity index (χ3n) is 4.10. The fourth-order valence-corrected chi connectivity index (χ4v) is 2.58. The Balaban J connectivity index is 1.88. The Bertz CT molecular complexity index is 1060. The summed E-state index contributed by atoms with van der Waals surface area (Å²) in [5.74, 6) is -2.01. The van der Waals surface area contributed by atoms with Crippen LogP contribution in [0.1, 0.15) is 24.6 Å². The van der Waals surface area contributed by atoms with Crippen LogP contribution in [0.25, 0.3) is 10.9 Å². The van der Waals surface area contributed by atoms with Gasteiger partial charge >= 0.3 is 5.97 Å². The second-order valence-corrected chi connectivity index (χ2v) is 5.90. The van der Waals surface area contributed by atoms with Crippen LogP contribution >= 0.6 is 0 Å². The normalized spacial score (nSPS) is 13.1. The van der Waals surface area contributed by atoms with Gasteiger partial charge in [-0.1, -0.05) is 29.5 Å². The molecule has 3 N–H and O–H groups in total. The summed E-state index contributed by atoms with van der Waals surface area (Å²) in [4.78, 5) is 36.6. The fraction of sp³-hybridized carbons (Fsp3) is 0.167. The summed E-state index contributed by atoms with van der Waals surface area (Å²) in [5.41, 5.74) is 0.177. The summed E-state index contributed by atoms with van der Waals surface area (Å²) < 4.78 is 0.910. The predicted molar refractivity (Wildman–Crippen MR) is 95.1 cm³/mol. The van der Waals surface area contributed by atoms with Crippen molar-refractivity contribution in [2.45, 2.75) is 19.0 Å². The molecule has 0 unspecified atom stereocenters. The number of carbonyl (C=O) groups is 2. The third kappa shape index (κ3) is 3.61. The van der Waals surface area contributed by atoms with E-state index in [-0.39, 0.29) is 11.3 Å². The highest BCUT2D eigenvalue weighted by atomic mass is 16.4. The lowest BCUT2D eigenvalue weighted by atomic mass is 10.1. The number of carbonyl (C=O) groups excluding carboxylic acids is 1. The number of rotatable bonds is 5. The van der Waals surface area contributed by atoms with E-state index < -0.39 is 29.5 Å². The molecule has 0 fully saturated rings. The smallest absolute Gasteiger partial charge is 0.330 e. The molecule has 9 heteroatoms. The molecule has 0 aliphatic heterocycles. The maximum atomic E-state index is 12.5. The van der Waals surface area contributed by atoms with Crippen molar-refractivity contribution in [2.75, 3.05) is 0 Å². The molecule has 1 amide bonds. The highest BCUT2D eigenvalue weighted by molar-refractivity contribution is 5.86. The van der Waals surface area contributed by atoms with Gasteiger partial charge in [-0.15, -0.1) is 5.10 Å². The molecule has 0 bridgehead atoms. The minimum atomic E-state index is -1.34. The van der Waals surface area contributed by atoms with Crippen LogP contribution in [0.2, 0.25) is 0 Å². The van der Waals surface area contributed by atoms with Crippen molar-refractivity contribution >= 4 is 22.8 Å². The van der Waals surface area contributed by atoms with Crippen LogP contribution in [0.4, 0.5) is 0 Å². The number of amides is 1. The van der Waals surface area contributed by atoms with Crippen molar-refractivity contribution in [3.63, 3.8) is 0 Å². The van der Waals surface area contributed by atoms with E-state index in [9.17, 15) is 24.6 Å². The molecular formula is C18H16N4O5. The Kier molecular flexibility index (Phi) is 4.84. The van der Waals surface area contributed by atoms with Crippen LogP contribution in [0, 0.1) is 0 Å². The summed E-state index contributed by atoms with van der Waals surface area (Å²) in [6.07, 6.45) is 0. The number of hydrogen-bond acceptors (Lipinski definition) is 6. The zero-order valence-corrected chi connectivity index (χ0v) is 14.2. The van der Waals surface area contributed by atoms with Gasteiger partial charge in [-0.25, -0.2) is 4.79 Å². The fourth-order valence-electron chi connectivity index (χ4n) is 2.58. The molecule has 0 radical (unpaired) electrons. The van der Waals surface area contributed by atoms with E-state index in [0.29, 0.717) is 10.9 Å². The molecule has 3 rings (SSSR count). The van der Waals surface area contributed by atoms with Gasteiger partial charge < -0.3 is 15.5 Å². The highest BCUT2D eigenvalue weighted by Gasteiger charge is 2.26. The highest BCUT2D eigenvalue weighted by Crippen LogP contribution is 2.18. The molecule has 1 heterocycles. The first kappa shape index (κ1) is 18.1. The van der Waals surface area contributed by atoms with E-state index >= 15 is 0 Å². The van der Waals surface area contributed by atoms with Crippen LogP contribution in [-0.2, 0) is 9.59 Å². The summed E-state index contributed by atoms with van der Waals surface area (Å²) in [6.45, 7) is 1.43. The lowest BCUT2D eigenvalue weighted by Crippen LogP contribution is -2.41. The van der Waals surface area contributed by atoms with E-state index in [0.717, 1.165) is 4.68 Å². The SMILES string of the molecule is C[C@@H](C(=O)N[C@@H](C(=O)O)c1ccc(O)cc1)n1nnc2ccccc2c1=O. The average Bonchev–Trinajstić information content (AvgIpc) is 2.66. The van der Waals surface area contributed by atoms with Crippen molar-refractivity contribution < 1.29 is 19.8 Å². The van der Waals surface area contributed by atoms with Crippen molar-refractivity contribution in [1.29, 1.82) is 0 Å². The molecule has 0 aliphatic carbocycles. The van der Waals surface area contributed by atoms with Gasteiger partial charge in [0.2, 0.25) is 5.91 Å². The Labute approximate surface area is 152 Å². The number of aromatic nitrogens is 3. The number of nitrogens with one attached hydrogen (secondary N) is 1. The third-order valence-corrected chi connectivity index (χ3v) is 4.10. The largest absolute Gasteiger partial charge is 0.508 e. The summed E-state index contributed by atoms with van der Waals surface area (Å²) in [6, 6.07) is 9.59. The molecule has 2 aromatic carbocycles. The van der Waals surface area contributed by atoms with Crippen molar-refractivity contribution in [2.24, 2.45) is 0 Å². The van der Waals surface area contributed by atoms with Gasteiger partial charge in [0.1, 0.15) is 17.3 Å². The first-order valence-corrected chi connectivity index (χ1v) is 8.05. The second-order valence-electron chi connectivity index (χ2n) is 5.90. The topological polar surface area (TPSA) is 134 Å². The summed E-state index contributed by atoms with van der Waals surface area (Å²) in [5, 5.41) is 29.1. The van der Waals surface area contributed by atoms with Crippen LogP contribution in [0.3, 0.4) is 0 Å². The van der Waals surface area contributed by atoms with Gasteiger partial charge in [-0.05, 0) is 36.8 Å². The zero-order valence-electron chi connectivity index (χ0n) is 14.2. The molecule has 2 atom stereocenters. The second kappa shape index (κ2) is 7.24. The summed E-state index contributed by atoms with van der Waals surface area (Å²) in [7, 11) is 0. The van der Waals surface area contributed by atoms with E-state index in [4.69, 9.17) is 0 Å². The zero-order chi connectivity index (χ0) is 19.6. The number of benzene rings is 2. The number of carboxylic acids is 1. The number of hydrogen-bond donors (Lipinski definition) is 3. The van der Waals surface area contributed by atoms with Gasteiger partial charge in [-0.2, -0.15) is 4.68 Å². The molecule has 0 saturated carbocycles. The Morgan fingerprint density at radius 3 is 2.44 bits per heavy atom. The van der Waals surface area contributed by atoms with E-state index in [1.165, 1.54) is 31.2 Å². The van der Waals surface area contributed by atoms with E-state index in [1.807, 2.05) is 0 Å². The molecule has 9 nitrogen and oxygen atoms in total. The molecule has 3 aromatic rings. The van der Waals surface area contributed by atoms with Gasteiger partial charge in [0.15, 0.2) is 6.04 Å². The van der Waals surface area contributed by atoms with Crippen LogP contribution in [-0.4, -0.2) is 37.1 Å². The Hall–Kier alpha value is -3.75. The molecule has 0 aliphatic rings. The van der Waals surface area contributed by atoms with E-state index in [1.54, 1.807) is 24.3 Å². The molecule has 138 valence electrons. The lowest BCUT2D eigenvalue weighted by Gasteiger charge is -2.18. The van der Waals surface area contributed by atoms with Crippen molar-refractivity contribution in [1.82, 2.24) is 20.3 Å². The monoisotopic (exact) mass is 368 g/mol. The van der Waals surface area contributed by atoms with Gasteiger partial charge in [-0.3, -0.25) is 9.59 Å². The average molecular weight is 368 g/mol. The van der Waals surface area contributed by atoms with Gasteiger partial charge in [0.25, 0.3) is 5.56 Å². The maximum Gasteiger partial charge on any atom is 0.330 e. The lowest BCUT2D eigenvalue weighted by molar-refractivity contribution is -0.142. The molecule has 27 heavy (non-hydrogen) atoms. The first-order valence-electron chi connectivity index (χ1n) is 8.05. The van der Waals surface area contributed by atoms with Gasteiger partial charge in [0, 0.05) is 0 Å². The Morgan fingerprint density at radius 2 is 1.78 bits per heavy atom. The number of aromatic hydroxyl groups is 1. The number of nitrogens with zero attached hydrogens (tertiary/aromatic N) is 3. The van der Waals surface area contributed by atoms with Crippen LogP contribution < -0.4 is 10.9 Å². The van der Waals surface area contributed by atoms with Crippen molar-refractivity contribution in [3.8, 4) is 5.75 Å².